The molecule has 1 aromatic carbocycles. The Morgan fingerprint density at radius 1 is 1.46 bits per heavy atom. The average molecular weight is 387 g/mol. The van der Waals surface area contributed by atoms with E-state index >= 15 is 0 Å². The summed E-state index contributed by atoms with van der Waals surface area (Å²) in [6.45, 7) is 3.59. The summed E-state index contributed by atoms with van der Waals surface area (Å²) in [5.41, 5.74) is 8.91. The molecule has 1 amide bonds. The molecule has 1 saturated heterocycles. The van der Waals surface area contributed by atoms with Gasteiger partial charge in [0.25, 0.3) is 11.6 Å². The van der Waals surface area contributed by atoms with Gasteiger partial charge in [-0.25, -0.2) is 10.1 Å². The van der Waals surface area contributed by atoms with Gasteiger partial charge in [-0.15, -0.1) is 0 Å². The number of nitro groups is 1. The highest BCUT2D eigenvalue weighted by molar-refractivity contribution is 5.85. The Morgan fingerprint density at radius 2 is 2.21 bits per heavy atom. The summed E-state index contributed by atoms with van der Waals surface area (Å²) in [7, 11) is 0. The number of amides is 1. The van der Waals surface area contributed by atoms with Gasteiger partial charge in [0, 0.05) is 24.7 Å². The lowest BCUT2D eigenvalue weighted by Gasteiger charge is -2.31. The van der Waals surface area contributed by atoms with Crippen molar-refractivity contribution < 1.29 is 9.72 Å². The number of carbonyl (C=O) groups excluding carboxylic acids is 1. The first-order valence-corrected chi connectivity index (χ1v) is 8.81. The van der Waals surface area contributed by atoms with Crippen LogP contribution in [0.15, 0.2) is 23.3 Å². The lowest BCUT2D eigenvalue weighted by atomic mass is 9.98. The second-order valence-corrected chi connectivity index (χ2v) is 6.66. The number of piperidine rings is 1. The monoisotopic (exact) mass is 387 g/mol. The van der Waals surface area contributed by atoms with Crippen molar-refractivity contribution in [2.75, 3.05) is 23.7 Å². The van der Waals surface area contributed by atoms with E-state index in [1.807, 2.05) is 4.90 Å². The molecule has 148 valence electrons. The maximum atomic E-state index is 11.8. The molecule has 0 saturated carbocycles. The van der Waals surface area contributed by atoms with E-state index < -0.39 is 10.8 Å². The molecule has 3 N–H and O–H groups in total. The Kier molecular flexibility index (Phi) is 5.77. The van der Waals surface area contributed by atoms with E-state index in [1.165, 1.54) is 12.3 Å². The van der Waals surface area contributed by atoms with Crippen molar-refractivity contribution >= 4 is 29.4 Å². The smallest absolute Gasteiger partial charge is 0.293 e. The summed E-state index contributed by atoms with van der Waals surface area (Å²) in [4.78, 5) is 24.9. The van der Waals surface area contributed by atoms with Gasteiger partial charge in [0.15, 0.2) is 0 Å². The van der Waals surface area contributed by atoms with Crippen LogP contribution >= 0.6 is 0 Å². The summed E-state index contributed by atoms with van der Waals surface area (Å²) < 4.78 is 1.12. The van der Waals surface area contributed by atoms with Crippen molar-refractivity contribution in [3.63, 3.8) is 0 Å². The van der Waals surface area contributed by atoms with Crippen molar-refractivity contribution in [3.8, 4) is 0 Å². The molecule has 2 heterocycles. The molecule has 0 bridgehead atoms. The normalized spacial score (nSPS) is 15.1. The van der Waals surface area contributed by atoms with Gasteiger partial charge < -0.3 is 10.6 Å². The summed E-state index contributed by atoms with van der Waals surface area (Å²) in [6.07, 6.45) is 3.37. The summed E-state index contributed by atoms with van der Waals surface area (Å²) in [5.74, 6) is 0.162. The zero-order valence-electron chi connectivity index (χ0n) is 15.4. The molecular weight excluding hydrogens is 366 g/mol. The molecule has 12 nitrogen and oxygen atoms in total. The number of rotatable bonds is 6. The number of nitro benzene ring substituents is 1. The number of nitrogen functional groups attached to an aromatic ring is 1. The van der Waals surface area contributed by atoms with E-state index in [0.29, 0.717) is 17.2 Å². The first-order chi connectivity index (χ1) is 13.4. The highest BCUT2D eigenvalue weighted by Gasteiger charge is 2.23. The third-order valence-corrected chi connectivity index (χ3v) is 4.58. The molecule has 1 fully saturated rings. The van der Waals surface area contributed by atoms with Crippen LogP contribution in [-0.2, 0) is 11.3 Å². The van der Waals surface area contributed by atoms with E-state index in [4.69, 9.17) is 5.73 Å². The summed E-state index contributed by atoms with van der Waals surface area (Å²) in [5, 5.41) is 25.7. The van der Waals surface area contributed by atoms with E-state index in [-0.39, 0.29) is 18.2 Å². The van der Waals surface area contributed by atoms with Crippen LogP contribution in [0.4, 0.5) is 17.3 Å². The SMILES string of the molecule is CC1CCN(c2ccc(/C=N/NC(=O)Cn3nnnc3N)cc2[N+](=O)[O-])CC1. The van der Waals surface area contributed by atoms with Crippen LogP contribution in [0.25, 0.3) is 0 Å². The molecule has 0 aliphatic carbocycles. The van der Waals surface area contributed by atoms with Gasteiger partial charge in [-0.3, -0.25) is 14.9 Å². The number of anilines is 2. The zero-order valence-corrected chi connectivity index (χ0v) is 15.4. The number of hydrogen-bond donors (Lipinski definition) is 2. The number of hydrogen-bond acceptors (Lipinski definition) is 9. The standard InChI is InChI=1S/C16H21N9O3/c1-11-4-6-23(7-5-11)13-3-2-12(8-14(13)25(27)28)9-18-19-15(26)10-24-16(17)20-21-22-24/h2-3,8-9,11H,4-7,10H2,1H3,(H,19,26)(H2,17,20,22)/b18-9+. The molecule has 1 aromatic heterocycles. The first kappa shape index (κ1) is 19.2. The Labute approximate surface area is 160 Å². The fourth-order valence-corrected chi connectivity index (χ4v) is 2.96. The predicted molar refractivity (Wildman–Crippen MR) is 102 cm³/mol. The van der Waals surface area contributed by atoms with Crippen molar-refractivity contribution in [2.45, 2.75) is 26.3 Å². The van der Waals surface area contributed by atoms with Crippen LogP contribution in [-0.4, -0.2) is 50.3 Å². The molecular formula is C16H21N9O3. The molecule has 28 heavy (non-hydrogen) atoms. The molecule has 0 unspecified atom stereocenters. The number of carbonyl (C=O) groups is 1. The number of benzene rings is 1. The summed E-state index contributed by atoms with van der Waals surface area (Å²) in [6, 6.07) is 4.90. The maximum Gasteiger partial charge on any atom is 0.293 e. The van der Waals surface area contributed by atoms with Crippen LogP contribution in [0.1, 0.15) is 25.3 Å². The van der Waals surface area contributed by atoms with Gasteiger partial charge >= 0.3 is 0 Å². The Bertz CT molecular complexity index is 887. The molecule has 3 rings (SSSR count). The van der Waals surface area contributed by atoms with Gasteiger partial charge in [-0.1, -0.05) is 18.1 Å². The topological polar surface area (TPSA) is 157 Å². The first-order valence-electron chi connectivity index (χ1n) is 8.81. The number of nitrogens with zero attached hydrogens (tertiary/aromatic N) is 7. The maximum absolute atomic E-state index is 11.8. The minimum absolute atomic E-state index is 0.0115. The Hall–Kier alpha value is -3.57. The second kappa shape index (κ2) is 8.41. The minimum Gasteiger partial charge on any atom is -0.367 e. The van der Waals surface area contributed by atoms with Crippen LogP contribution in [0.5, 0.6) is 0 Å². The number of nitrogens with one attached hydrogen (secondary N) is 1. The van der Waals surface area contributed by atoms with Gasteiger partial charge in [0.2, 0.25) is 5.95 Å². The van der Waals surface area contributed by atoms with Gasteiger partial charge in [0.1, 0.15) is 12.2 Å². The average Bonchev–Trinajstić information content (AvgIpc) is 3.07. The summed E-state index contributed by atoms with van der Waals surface area (Å²) >= 11 is 0. The second-order valence-electron chi connectivity index (χ2n) is 6.66. The molecule has 0 spiro atoms. The molecule has 1 aliphatic heterocycles. The molecule has 0 radical (unpaired) electrons. The number of nitrogens with two attached hydrogens (primary N) is 1. The van der Waals surface area contributed by atoms with Crippen LogP contribution in [0, 0.1) is 16.0 Å². The Balaban J connectivity index is 1.66. The highest BCUT2D eigenvalue weighted by atomic mass is 16.6. The van der Waals surface area contributed by atoms with E-state index in [2.05, 4.69) is 33.0 Å². The number of tetrazole rings is 1. The third-order valence-electron chi connectivity index (χ3n) is 4.58. The quantitative estimate of drug-likeness (QED) is 0.413. The fourth-order valence-electron chi connectivity index (χ4n) is 2.96. The third kappa shape index (κ3) is 4.58. The number of hydrazone groups is 1. The van der Waals surface area contributed by atoms with Crippen LogP contribution in [0.3, 0.4) is 0 Å². The van der Waals surface area contributed by atoms with E-state index in [0.717, 1.165) is 30.6 Å². The van der Waals surface area contributed by atoms with E-state index in [9.17, 15) is 14.9 Å². The van der Waals surface area contributed by atoms with Crippen molar-refractivity contribution in [1.29, 1.82) is 0 Å². The highest BCUT2D eigenvalue weighted by Crippen LogP contribution is 2.31. The van der Waals surface area contributed by atoms with Gasteiger partial charge in [-0.2, -0.15) is 5.10 Å². The number of aromatic nitrogens is 4. The molecule has 1 aliphatic rings. The largest absolute Gasteiger partial charge is 0.367 e. The lowest BCUT2D eigenvalue weighted by Crippen LogP contribution is -2.33. The Morgan fingerprint density at radius 3 is 2.86 bits per heavy atom. The van der Waals surface area contributed by atoms with Gasteiger partial charge in [0.05, 0.1) is 11.1 Å². The fraction of sp³-hybridized carbons (Fsp3) is 0.438. The lowest BCUT2D eigenvalue weighted by molar-refractivity contribution is -0.384. The molecule has 0 atom stereocenters. The zero-order chi connectivity index (χ0) is 20.1. The molecule has 2 aromatic rings. The van der Waals surface area contributed by atoms with Crippen LogP contribution < -0.4 is 16.1 Å². The van der Waals surface area contributed by atoms with Crippen molar-refractivity contribution in [1.82, 2.24) is 25.6 Å². The minimum atomic E-state index is -0.483. The van der Waals surface area contributed by atoms with Crippen LogP contribution in [0.2, 0.25) is 0 Å². The predicted octanol–water partition coefficient (Wildman–Crippen LogP) is 0.550. The van der Waals surface area contributed by atoms with Gasteiger partial charge in [-0.05, 0) is 35.3 Å². The van der Waals surface area contributed by atoms with Crippen molar-refractivity contribution in [2.24, 2.45) is 11.0 Å². The van der Waals surface area contributed by atoms with E-state index in [1.54, 1.807) is 12.1 Å². The molecule has 12 heteroatoms. The van der Waals surface area contributed by atoms with Crippen molar-refractivity contribution in [3.05, 3.63) is 33.9 Å².